The number of carbonyl (C=O) groups is 1. The highest BCUT2D eigenvalue weighted by atomic mass is 16.2. The van der Waals surface area contributed by atoms with Crippen molar-refractivity contribution in [3.05, 3.63) is 54.4 Å². The van der Waals surface area contributed by atoms with E-state index in [0.29, 0.717) is 0 Å². The smallest absolute Gasteiger partial charge is 0.241 e. The van der Waals surface area contributed by atoms with E-state index in [4.69, 9.17) is 0 Å². The Morgan fingerprint density at radius 3 is 2.68 bits per heavy atom. The lowest BCUT2D eigenvalue weighted by Gasteiger charge is -2.27. The molecule has 1 aromatic carbocycles. The second kappa shape index (κ2) is 8.12. The number of aromatic nitrogens is 1. The molecule has 0 saturated carbocycles. The van der Waals surface area contributed by atoms with E-state index in [9.17, 15) is 4.79 Å². The number of aryl methyl sites for hydroxylation is 1. The van der Waals surface area contributed by atoms with Crippen LogP contribution in [0.3, 0.4) is 0 Å². The summed E-state index contributed by atoms with van der Waals surface area (Å²) < 4.78 is 0. The predicted molar refractivity (Wildman–Crippen MR) is 102 cm³/mol. The normalized spacial score (nSPS) is 17.0. The number of nitrogens with zero attached hydrogens (tertiary/aromatic N) is 3. The van der Waals surface area contributed by atoms with Crippen molar-refractivity contribution in [3.63, 3.8) is 0 Å². The first-order valence-electron chi connectivity index (χ1n) is 8.91. The lowest BCUT2D eigenvalue weighted by atomic mass is 10.2. The van der Waals surface area contributed by atoms with Gasteiger partial charge in [0.05, 0.1) is 6.04 Å². The zero-order valence-corrected chi connectivity index (χ0v) is 15.0. The van der Waals surface area contributed by atoms with Crippen LogP contribution >= 0.6 is 0 Å². The minimum absolute atomic E-state index is 0.0550. The molecule has 0 spiro atoms. The Kier molecular flexibility index (Phi) is 5.66. The Morgan fingerprint density at radius 1 is 1.12 bits per heavy atom. The average Bonchev–Trinajstić information content (AvgIpc) is 2.88. The van der Waals surface area contributed by atoms with E-state index in [1.165, 1.54) is 5.69 Å². The number of amides is 1. The molecule has 1 aliphatic rings. The first-order valence-corrected chi connectivity index (χ1v) is 8.91. The molecule has 1 saturated heterocycles. The van der Waals surface area contributed by atoms with Crippen LogP contribution in [0.4, 0.5) is 11.4 Å². The Morgan fingerprint density at radius 2 is 1.92 bits per heavy atom. The molecule has 1 amide bonds. The maximum atomic E-state index is 12.5. The topological polar surface area (TPSA) is 48.5 Å². The van der Waals surface area contributed by atoms with Gasteiger partial charge in [-0.05, 0) is 44.5 Å². The second-order valence-corrected chi connectivity index (χ2v) is 6.56. The van der Waals surface area contributed by atoms with Gasteiger partial charge < -0.3 is 10.2 Å². The van der Waals surface area contributed by atoms with Gasteiger partial charge in [0.25, 0.3) is 0 Å². The molecule has 0 bridgehead atoms. The van der Waals surface area contributed by atoms with Gasteiger partial charge in [0.2, 0.25) is 5.91 Å². The largest absolute Gasteiger partial charge is 0.370 e. The Hall–Kier alpha value is -2.40. The minimum Gasteiger partial charge on any atom is -0.370 e. The third-order valence-corrected chi connectivity index (χ3v) is 4.74. The van der Waals surface area contributed by atoms with Crippen LogP contribution in [0.25, 0.3) is 0 Å². The summed E-state index contributed by atoms with van der Waals surface area (Å²) in [6.07, 6.45) is 2.91. The molecule has 1 aromatic heterocycles. The van der Waals surface area contributed by atoms with Crippen molar-refractivity contribution in [2.75, 3.05) is 36.4 Å². The summed E-state index contributed by atoms with van der Waals surface area (Å²) in [6, 6.07) is 13.7. The van der Waals surface area contributed by atoms with Crippen LogP contribution in [0.15, 0.2) is 48.7 Å². The fourth-order valence-corrected chi connectivity index (χ4v) is 3.24. The second-order valence-electron chi connectivity index (χ2n) is 6.56. The van der Waals surface area contributed by atoms with Crippen molar-refractivity contribution in [2.24, 2.45) is 0 Å². The van der Waals surface area contributed by atoms with Crippen LogP contribution in [0, 0.1) is 6.92 Å². The number of anilines is 2. The zero-order valence-electron chi connectivity index (χ0n) is 15.0. The summed E-state index contributed by atoms with van der Waals surface area (Å²) in [5.41, 5.74) is 3.10. The standard InChI is InChI=1S/C20H26N4O/c1-16-15-19(9-10-21-16)24-12-6-11-23(13-14-24)17(2)20(25)22-18-7-4-3-5-8-18/h3-5,7-10,15,17H,6,11-14H2,1-2H3,(H,22,25)/t17-/m0/s1. The van der Waals surface area contributed by atoms with Crippen LogP contribution in [-0.2, 0) is 4.79 Å². The number of hydrogen-bond acceptors (Lipinski definition) is 4. The molecule has 132 valence electrons. The van der Waals surface area contributed by atoms with Crippen LogP contribution in [-0.4, -0.2) is 48.0 Å². The van der Waals surface area contributed by atoms with E-state index in [1.54, 1.807) is 0 Å². The van der Waals surface area contributed by atoms with Crippen LogP contribution in [0.5, 0.6) is 0 Å². The highest BCUT2D eigenvalue weighted by Crippen LogP contribution is 2.18. The molecule has 2 heterocycles. The SMILES string of the molecule is Cc1cc(N2CCCN([C@@H](C)C(=O)Nc3ccccc3)CC2)ccn1. The summed E-state index contributed by atoms with van der Waals surface area (Å²) >= 11 is 0. The molecule has 5 nitrogen and oxygen atoms in total. The number of para-hydroxylation sites is 1. The van der Waals surface area contributed by atoms with Gasteiger partial charge >= 0.3 is 0 Å². The van der Waals surface area contributed by atoms with E-state index in [1.807, 2.05) is 50.4 Å². The summed E-state index contributed by atoms with van der Waals surface area (Å²) in [5, 5.41) is 3.01. The molecule has 0 aliphatic carbocycles. The zero-order chi connectivity index (χ0) is 17.6. The first kappa shape index (κ1) is 17.4. The summed E-state index contributed by atoms with van der Waals surface area (Å²) in [5.74, 6) is 0.0550. The molecule has 1 fully saturated rings. The third-order valence-electron chi connectivity index (χ3n) is 4.74. The average molecular weight is 338 g/mol. The van der Waals surface area contributed by atoms with Crippen LogP contribution < -0.4 is 10.2 Å². The highest BCUT2D eigenvalue weighted by Gasteiger charge is 2.24. The van der Waals surface area contributed by atoms with Gasteiger partial charge in [-0.15, -0.1) is 0 Å². The van der Waals surface area contributed by atoms with E-state index in [-0.39, 0.29) is 11.9 Å². The van der Waals surface area contributed by atoms with Gasteiger partial charge in [0, 0.05) is 49.4 Å². The molecule has 1 aliphatic heterocycles. The molecule has 5 heteroatoms. The van der Waals surface area contributed by atoms with E-state index in [0.717, 1.165) is 44.0 Å². The fraction of sp³-hybridized carbons (Fsp3) is 0.400. The number of rotatable bonds is 4. The molecule has 3 rings (SSSR count). The quantitative estimate of drug-likeness (QED) is 0.931. The van der Waals surface area contributed by atoms with Gasteiger partial charge in [0.15, 0.2) is 0 Å². The van der Waals surface area contributed by atoms with Gasteiger partial charge in [-0.2, -0.15) is 0 Å². The minimum atomic E-state index is -0.140. The number of benzene rings is 1. The van der Waals surface area contributed by atoms with Crippen molar-refractivity contribution >= 4 is 17.3 Å². The van der Waals surface area contributed by atoms with E-state index in [2.05, 4.69) is 32.2 Å². The summed E-state index contributed by atoms with van der Waals surface area (Å²) in [4.78, 5) is 21.5. The van der Waals surface area contributed by atoms with Gasteiger partial charge in [-0.3, -0.25) is 14.7 Å². The lowest BCUT2D eigenvalue weighted by molar-refractivity contribution is -0.120. The number of carbonyl (C=O) groups excluding carboxylic acids is 1. The Balaban J connectivity index is 1.59. The van der Waals surface area contributed by atoms with Crippen LogP contribution in [0.1, 0.15) is 19.0 Å². The maximum Gasteiger partial charge on any atom is 0.241 e. The molecule has 25 heavy (non-hydrogen) atoms. The van der Waals surface area contributed by atoms with Crippen molar-refractivity contribution in [1.29, 1.82) is 0 Å². The number of hydrogen-bond donors (Lipinski definition) is 1. The molecule has 2 aromatic rings. The monoisotopic (exact) mass is 338 g/mol. The molecule has 1 atom stereocenters. The van der Waals surface area contributed by atoms with Crippen molar-refractivity contribution < 1.29 is 4.79 Å². The van der Waals surface area contributed by atoms with Crippen LogP contribution in [0.2, 0.25) is 0 Å². The van der Waals surface area contributed by atoms with Gasteiger partial charge in [-0.25, -0.2) is 0 Å². The highest BCUT2D eigenvalue weighted by molar-refractivity contribution is 5.94. The third kappa shape index (κ3) is 4.57. The Bertz CT molecular complexity index is 704. The van der Waals surface area contributed by atoms with Gasteiger partial charge in [0.1, 0.15) is 0 Å². The molecular formula is C20H26N4O. The predicted octanol–water partition coefficient (Wildman–Crippen LogP) is 2.93. The molecule has 1 N–H and O–H groups in total. The lowest BCUT2D eigenvalue weighted by Crippen LogP contribution is -2.43. The first-order chi connectivity index (χ1) is 12.1. The summed E-state index contributed by atoms with van der Waals surface area (Å²) in [6.45, 7) is 7.75. The van der Waals surface area contributed by atoms with E-state index >= 15 is 0 Å². The summed E-state index contributed by atoms with van der Waals surface area (Å²) in [7, 11) is 0. The van der Waals surface area contributed by atoms with Crippen molar-refractivity contribution in [2.45, 2.75) is 26.3 Å². The molecular weight excluding hydrogens is 312 g/mol. The van der Waals surface area contributed by atoms with E-state index < -0.39 is 0 Å². The Labute approximate surface area is 149 Å². The van der Waals surface area contributed by atoms with Gasteiger partial charge in [-0.1, -0.05) is 18.2 Å². The maximum absolute atomic E-state index is 12.5. The molecule has 0 unspecified atom stereocenters. The molecule has 0 radical (unpaired) electrons. The number of pyridine rings is 1. The number of nitrogens with one attached hydrogen (secondary N) is 1. The van der Waals surface area contributed by atoms with Crippen molar-refractivity contribution in [1.82, 2.24) is 9.88 Å². The van der Waals surface area contributed by atoms with Crippen molar-refractivity contribution in [3.8, 4) is 0 Å². The fourth-order valence-electron chi connectivity index (χ4n) is 3.24.